The van der Waals surface area contributed by atoms with Gasteiger partial charge in [-0.3, -0.25) is 15.0 Å². The fourth-order valence-corrected chi connectivity index (χ4v) is 3.55. The minimum atomic E-state index is -2.79. The Hall–Kier alpha value is -1.53. The monoisotopic (exact) mass is 351 g/mol. The van der Waals surface area contributed by atoms with Crippen LogP contribution >= 0.6 is 0 Å². The Bertz CT molecular complexity index is 600. The van der Waals surface area contributed by atoms with Crippen molar-refractivity contribution >= 4 is 5.91 Å². The molecule has 1 amide bonds. The van der Waals surface area contributed by atoms with E-state index >= 15 is 0 Å². The third-order valence-electron chi connectivity index (χ3n) is 5.27. The third-order valence-corrected chi connectivity index (χ3v) is 5.27. The molecule has 2 aliphatic rings. The first kappa shape index (κ1) is 18.3. The summed E-state index contributed by atoms with van der Waals surface area (Å²) in [6.07, 6.45) is 2.02. The smallest absolute Gasteiger partial charge is 0.262 e. The standard InChI is InChI=1S/C19H27F2N3O/c1-14-6-8-24(9-7-14)12-16-5-3-2-4-15(16)11-22-18(25)17-10-19(20,21)13-23-17/h2-5,14,17,23H,6-13H2,1H3,(H,22,25). The van der Waals surface area contributed by atoms with Gasteiger partial charge >= 0.3 is 0 Å². The summed E-state index contributed by atoms with van der Waals surface area (Å²) in [5, 5.41) is 5.41. The van der Waals surface area contributed by atoms with E-state index in [4.69, 9.17) is 0 Å². The molecular formula is C19H27F2N3O. The molecule has 6 heteroatoms. The molecule has 0 saturated carbocycles. The average Bonchev–Trinajstić information content (AvgIpc) is 2.96. The number of rotatable bonds is 5. The van der Waals surface area contributed by atoms with Crippen molar-refractivity contribution in [2.45, 2.75) is 51.2 Å². The number of nitrogens with zero attached hydrogens (tertiary/aromatic N) is 1. The second-order valence-corrected chi connectivity index (χ2v) is 7.44. The zero-order valence-electron chi connectivity index (χ0n) is 14.7. The Kier molecular flexibility index (Phi) is 5.69. The molecule has 2 heterocycles. The fourth-order valence-electron chi connectivity index (χ4n) is 3.55. The quantitative estimate of drug-likeness (QED) is 0.857. The van der Waals surface area contributed by atoms with E-state index in [-0.39, 0.29) is 5.91 Å². The highest BCUT2D eigenvalue weighted by Crippen LogP contribution is 2.25. The highest BCUT2D eigenvalue weighted by molar-refractivity contribution is 5.82. The van der Waals surface area contributed by atoms with E-state index in [1.54, 1.807) is 0 Å². The number of amides is 1. The lowest BCUT2D eigenvalue weighted by Crippen LogP contribution is -2.40. The van der Waals surface area contributed by atoms with Crippen molar-refractivity contribution < 1.29 is 13.6 Å². The van der Waals surface area contributed by atoms with Crippen molar-refractivity contribution in [1.82, 2.24) is 15.5 Å². The third kappa shape index (κ3) is 4.98. The molecule has 0 aliphatic carbocycles. The van der Waals surface area contributed by atoms with Crippen LogP contribution < -0.4 is 10.6 Å². The summed E-state index contributed by atoms with van der Waals surface area (Å²) < 4.78 is 26.4. The number of halogens is 2. The summed E-state index contributed by atoms with van der Waals surface area (Å²) in [6, 6.07) is 7.24. The van der Waals surface area contributed by atoms with E-state index in [9.17, 15) is 13.6 Å². The molecule has 25 heavy (non-hydrogen) atoms. The molecule has 2 saturated heterocycles. The SMILES string of the molecule is CC1CCN(Cc2ccccc2CNC(=O)C2CC(F)(F)CN2)CC1. The number of likely N-dealkylation sites (tertiary alicyclic amines) is 1. The number of carbonyl (C=O) groups is 1. The molecule has 0 spiro atoms. The summed E-state index contributed by atoms with van der Waals surface area (Å²) in [7, 11) is 0. The first-order valence-electron chi connectivity index (χ1n) is 9.11. The van der Waals surface area contributed by atoms with Gasteiger partial charge in [-0.15, -0.1) is 0 Å². The van der Waals surface area contributed by atoms with Gasteiger partial charge in [-0.1, -0.05) is 31.2 Å². The van der Waals surface area contributed by atoms with Crippen LogP contribution in [0, 0.1) is 5.92 Å². The van der Waals surface area contributed by atoms with Gasteiger partial charge in [0.1, 0.15) is 0 Å². The second-order valence-electron chi connectivity index (χ2n) is 7.44. The number of alkyl halides is 2. The summed E-state index contributed by atoms with van der Waals surface area (Å²) >= 11 is 0. The van der Waals surface area contributed by atoms with Gasteiger partial charge in [-0.25, -0.2) is 8.78 Å². The molecule has 2 fully saturated rings. The van der Waals surface area contributed by atoms with Crippen LogP contribution in [0.4, 0.5) is 8.78 Å². The van der Waals surface area contributed by atoms with Crippen molar-refractivity contribution in [3.63, 3.8) is 0 Å². The van der Waals surface area contributed by atoms with Crippen molar-refractivity contribution in [3.8, 4) is 0 Å². The van der Waals surface area contributed by atoms with Crippen LogP contribution in [0.1, 0.15) is 37.3 Å². The van der Waals surface area contributed by atoms with E-state index in [1.807, 2.05) is 18.2 Å². The van der Waals surface area contributed by atoms with Crippen LogP contribution in [-0.4, -0.2) is 42.4 Å². The van der Waals surface area contributed by atoms with Gasteiger partial charge < -0.3 is 5.32 Å². The van der Waals surface area contributed by atoms with Crippen LogP contribution in [-0.2, 0) is 17.9 Å². The highest BCUT2D eigenvalue weighted by atomic mass is 19.3. The molecule has 0 radical (unpaired) electrons. The van der Waals surface area contributed by atoms with E-state index < -0.39 is 24.9 Å². The van der Waals surface area contributed by atoms with Crippen LogP contribution in [0.2, 0.25) is 0 Å². The Morgan fingerprint density at radius 2 is 1.96 bits per heavy atom. The van der Waals surface area contributed by atoms with Crippen molar-refractivity contribution in [2.24, 2.45) is 5.92 Å². The number of benzene rings is 1. The van der Waals surface area contributed by atoms with Crippen LogP contribution in [0.25, 0.3) is 0 Å². The normalized spacial score (nSPS) is 24.4. The molecule has 0 bridgehead atoms. The highest BCUT2D eigenvalue weighted by Gasteiger charge is 2.42. The Balaban J connectivity index is 1.55. The largest absolute Gasteiger partial charge is 0.351 e. The molecule has 3 rings (SSSR count). The van der Waals surface area contributed by atoms with Crippen LogP contribution in [0.3, 0.4) is 0 Å². The Morgan fingerprint density at radius 1 is 1.28 bits per heavy atom. The predicted molar refractivity (Wildman–Crippen MR) is 93.3 cm³/mol. The summed E-state index contributed by atoms with van der Waals surface area (Å²) in [4.78, 5) is 14.6. The molecule has 2 aliphatic heterocycles. The van der Waals surface area contributed by atoms with Gasteiger partial charge in [0.15, 0.2) is 0 Å². The van der Waals surface area contributed by atoms with Crippen molar-refractivity contribution in [3.05, 3.63) is 35.4 Å². The number of nitrogens with one attached hydrogen (secondary N) is 2. The van der Waals surface area contributed by atoms with Gasteiger partial charge in [-0.05, 0) is 43.0 Å². The zero-order chi connectivity index (χ0) is 17.9. The molecular weight excluding hydrogens is 324 g/mol. The molecule has 0 aromatic heterocycles. The second kappa shape index (κ2) is 7.79. The lowest BCUT2D eigenvalue weighted by Gasteiger charge is -2.30. The summed E-state index contributed by atoms with van der Waals surface area (Å²) in [6.45, 7) is 5.32. The summed E-state index contributed by atoms with van der Waals surface area (Å²) in [5.74, 6) is -2.34. The minimum Gasteiger partial charge on any atom is -0.351 e. The maximum absolute atomic E-state index is 13.2. The van der Waals surface area contributed by atoms with Gasteiger partial charge in [-0.2, -0.15) is 0 Å². The number of carbonyl (C=O) groups excluding carboxylic acids is 1. The van der Waals surface area contributed by atoms with Crippen molar-refractivity contribution in [2.75, 3.05) is 19.6 Å². The Labute approximate surface area is 148 Å². The van der Waals surface area contributed by atoms with Crippen LogP contribution in [0.5, 0.6) is 0 Å². The van der Waals surface area contributed by atoms with E-state index in [0.717, 1.165) is 31.1 Å². The number of piperidine rings is 1. The predicted octanol–water partition coefficient (Wildman–Crippen LogP) is 2.53. The topological polar surface area (TPSA) is 44.4 Å². The van der Waals surface area contributed by atoms with Gasteiger partial charge in [0, 0.05) is 19.5 Å². The van der Waals surface area contributed by atoms with Crippen LogP contribution in [0.15, 0.2) is 24.3 Å². The molecule has 138 valence electrons. The lowest BCUT2D eigenvalue weighted by atomic mass is 9.98. The fraction of sp³-hybridized carbons (Fsp3) is 0.632. The first-order chi connectivity index (χ1) is 11.9. The van der Waals surface area contributed by atoms with Gasteiger partial charge in [0.05, 0.1) is 12.6 Å². The van der Waals surface area contributed by atoms with E-state index in [1.165, 1.54) is 18.4 Å². The van der Waals surface area contributed by atoms with Gasteiger partial charge in [0.25, 0.3) is 5.92 Å². The minimum absolute atomic E-state index is 0.348. The lowest BCUT2D eigenvalue weighted by molar-refractivity contribution is -0.123. The summed E-state index contributed by atoms with van der Waals surface area (Å²) in [5.41, 5.74) is 2.25. The van der Waals surface area contributed by atoms with Gasteiger partial charge in [0.2, 0.25) is 5.91 Å². The number of hydrogen-bond donors (Lipinski definition) is 2. The maximum atomic E-state index is 13.2. The molecule has 1 aromatic rings. The molecule has 1 aromatic carbocycles. The molecule has 4 nitrogen and oxygen atoms in total. The van der Waals surface area contributed by atoms with E-state index in [0.29, 0.717) is 6.54 Å². The Morgan fingerprint density at radius 3 is 2.60 bits per heavy atom. The molecule has 2 N–H and O–H groups in total. The zero-order valence-corrected chi connectivity index (χ0v) is 14.7. The maximum Gasteiger partial charge on any atom is 0.262 e. The first-order valence-corrected chi connectivity index (χ1v) is 9.11. The van der Waals surface area contributed by atoms with E-state index in [2.05, 4.69) is 28.5 Å². The number of hydrogen-bond acceptors (Lipinski definition) is 3. The van der Waals surface area contributed by atoms with Crippen molar-refractivity contribution in [1.29, 1.82) is 0 Å². The molecule has 1 unspecified atom stereocenters. The average molecular weight is 351 g/mol. The molecule has 1 atom stereocenters.